The first kappa shape index (κ1) is 22.0. The second-order valence-electron chi connectivity index (χ2n) is 9.21. The molecular formula is C30H22O6. The zero-order chi connectivity index (χ0) is 25.0. The number of Topliss-reactive ketones (excluding diaryl/α,β-unsaturated/α-hetero) is 1. The van der Waals surface area contributed by atoms with E-state index < -0.39 is 34.6 Å². The number of ketones is 1. The molecule has 0 saturated heterocycles. The molecule has 0 amide bonds. The lowest BCUT2D eigenvalue weighted by Crippen LogP contribution is -2.55. The van der Waals surface area contributed by atoms with Crippen LogP contribution in [0.15, 0.2) is 94.7 Å². The number of benzene rings is 3. The van der Waals surface area contributed by atoms with E-state index in [0.29, 0.717) is 22.3 Å². The van der Waals surface area contributed by atoms with Crippen LogP contribution in [-0.4, -0.2) is 18.4 Å². The van der Waals surface area contributed by atoms with Gasteiger partial charge in [-0.1, -0.05) is 60.2 Å². The van der Waals surface area contributed by atoms with Crippen molar-refractivity contribution in [3.63, 3.8) is 0 Å². The summed E-state index contributed by atoms with van der Waals surface area (Å²) in [5.41, 5.74) is -0.150. The monoisotopic (exact) mass is 478 g/mol. The molecule has 1 aromatic heterocycles. The van der Waals surface area contributed by atoms with Crippen molar-refractivity contribution < 1.29 is 23.5 Å². The third-order valence-electron chi connectivity index (χ3n) is 7.28. The van der Waals surface area contributed by atoms with Gasteiger partial charge >= 0.3 is 11.6 Å². The lowest BCUT2D eigenvalue weighted by molar-refractivity contribution is -0.147. The number of para-hydroxylation sites is 2. The number of fused-ring (bicyclic) bond motifs is 4. The van der Waals surface area contributed by atoms with Gasteiger partial charge < -0.3 is 13.9 Å². The zero-order valence-electron chi connectivity index (χ0n) is 19.5. The fourth-order valence-electron chi connectivity index (χ4n) is 5.54. The predicted octanol–water partition coefficient (Wildman–Crippen LogP) is 5.22. The van der Waals surface area contributed by atoms with Crippen LogP contribution in [0.2, 0.25) is 0 Å². The van der Waals surface area contributed by atoms with Crippen LogP contribution in [0.5, 0.6) is 11.5 Å². The molecule has 2 aliphatic rings. The Balaban J connectivity index is 1.76. The first-order valence-corrected chi connectivity index (χ1v) is 11.7. The third-order valence-corrected chi connectivity index (χ3v) is 7.28. The summed E-state index contributed by atoms with van der Waals surface area (Å²) in [6.45, 7) is 5.84. The van der Waals surface area contributed by atoms with E-state index in [1.54, 1.807) is 48.5 Å². The minimum Gasteiger partial charge on any atom is -0.492 e. The van der Waals surface area contributed by atoms with Crippen LogP contribution in [0.3, 0.4) is 0 Å². The Bertz CT molecular complexity index is 1610. The summed E-state index contributed by atoms with van der Waals surface area (Å²) in [6, 6.07) is 21.1. The molecule has 178 valence electrons. The second kappa shape index (κ2) is 8.05. The van der Waals surface area contributed by atoms with E-state index in [1.165, 1.54) is 0 Å². The topological polar surface area (TPSA) is 82.8 Å². The molecule has 0 radical (unpaired) electrons. The smallest absolute Gasteiger partial charge is 0.343 e. The van der Waals surface area contributed by atoms with E-state index in [2.05, 4.69) is 6.58 Å². The average Bonchev–Trinajstić information content (AvgIpc) is 3.04. The molecule has 4 aromatic rings. The second-order valence-corrected chi connectivity index (χ2v) is 9.21. The van der Waals surface area contributed by atoms with E-state index in [4.69, 9.17) is 13.9 Å². The van der Waals surface area contributed by atoms with E-state index in [0.717, 1.165) is 5.56 Å². The highest BCUT2D eigenvalue weighted by Gasteiger charge is 2.63. The molecule has 1 spiro atoms. The summed E-state index contributed by atoms with van der Waals surface area (Å²) in [5, 5.41) is 0.584. The van der Waals surface area contributed by atoms with Crippen molar-refractivity contribution in [3.8, 4) is 11.5 Å². The molecule has 6 heteroatoms. The molecule has 0 fully saturated rings. The van der Waals surface area contributed by atoms with Gasteiger partial charge in [0.15, 0.2) is 11.2 Å². The number of carbonyl (C=O) groups is 2. The highest BCUT2D eigenvalue weighted by molar-refractivity contribution is 6.18. The zero-order valence-corrected chi connectivity index (χ0v) is 19.5. The van der Waals surface area contributed by atoms with E-state index >= 15 is 0 Å². The lowest BCUT2D eigenvalue weighted by atomic mass is 9.58. The summed E-state index contributed by atoms with van der Waals surface area (Å²) in [6.07, 6.45) is 1.55. The Morgan fingerprint density at radius 1 is 0.944 bits per heavy atom. The van der Waals surface area contributed by atoms with Crippen LogP contribution in [0, 0.1) is 18.3 Å². The van der Waals surface area contributed by atoms with Gasteiger partial charge in [0, 0.05) is 11.8 Å². The van der Waals surface area contributed by atoms with Gasteiger partial charge in [0.2, 0.25) is 0 Å². The number of aryl methyl sites for hydroxylation is 1. The van der Waals surface area contributed by atoms with Crippen molar-refractivity contribution in [2.24, 2.45) is 11.3 Å². The van der Waals surface area contributed by atoms with Gasteiger partial charge in [-0.3, -0.25) is 9.59 Å². The van der Waals surface area contributed by atoms with Crippen molar-refractivity contribution in [1.29, 1.82) is 0 Å². The minimum atomic E-state index is -1.83. The van der Waals surface area contributed by atoms with Gasteiger partial charge in [0.1, 0.15) is 17.1 Å². The summed E-state index contributed by atoms with van der Waals surface area (Å²) < 4.78 is 17.8. The van der Waals surface area contributed by atoms with Crippen molar-refractivity contribution in [3.05, 3.63) is 118 Å². The number of rotatable bonds is 2. The van der Waals surface area contributed by atoms with Gasteiger partial charge in [-0.2, -0.15) is 0 Å². The Morgan fingerprint density at radius 3 is 2.44 bits per heavy atom. The Hall–Kier alpha value is -4.45. The van der Waals surface area contributed by atoms with Crippen LogP contribution < -0.4 is 15.1 Å². The number of carbonyl (C=O) groups excluding carboxylic acids is 2. The average molecular weight is 479 g/mol. The molecule has 6 rings (SSSR count). The first-order chi connectivity index (χ1) is 17.5. The molecule has 0 N–H and O–H groups in total. The highest BCUT2D eigenvalue weighted by Crippen LogP contribution is 2.56. The molecular weight excluding hydrogens is 456 g/mol. The molecule has 6 nitrogen and oxygen atoms in total. The summed E-state index contributed by atoms with van der Waals surface area (Å²) in [7, 11) is 0. The summed E-state index contributed by atoms with van der Waals surface area (Å²) in [5.74, 6) is -2.51. The first-order valence-electron chi connectivity index (χ1n) is 11.7. The molecule has 0 saturated carbocycles. The van der Waals surface area contributed by atoms with Crippen LogP contribution >= 0.6 is 0 Å². The maximum atomic E-state index is 14.4. The van der Waals surface area contributed by atoms with Crippen LogP contribution in [0.25, 0.3) is 11.0 Å². The number of hydrogen-bond acceptors (Lipinski definition) is 6. The van der Waals surface area contributed by atoms with Gasteiger partial charge in [-0.15, -0.1) is 6.58 Å². The van der Waals surface area contributed by atoms with Gasteiger partial charge in [-0.25, -0.2) is 4.79 Å². The minimum absolute atomic E-state index is 0.0463. The molecule has 2 aliphatic heterocycles. The fourth-order valence-corrected chi connectivity index (χ4v) is 5.54. The Labute approximate surface area is 206 Å². The maximum Gasteiger partial charge on any atom is 0.343 e. The molecule has 3 aromatic carbocycles. The van der Waals surface area contributed by atoms with Crippen LogP contribution in [-0.2, 0) is 4.79 Å². The van der Waals surface area contributed by atoms with Gasteiger partial charge in [-0.05, 0) is 36.8 Å². The van der Waals surface area contributed by atoms with Crippen molar-refractivity contribution in [2.45, 2.75) is 12.8 Å². The Morgan fingerprint density at radius 2 is 1.67 bits per heavy atom. The lowest BCUT2D eigenvalue weighted by Gasteiger charge is -2.42. The molecule has 0 aliphatic carbocycles. The molecule has 3 heterocycles. The van der Waals surface area contributed by atoms with Gasteiger partial charge in [0.25, 0.3) is 0 Å². The van der Waals surface area contributed by atoms with Crippen molar-refractivity contribution in [2.75, 3.05) is 6.61 Å². The molecule has 0 unspecified atom stereocenters. The Kier molecular flexibility index (Phi) is 4.93. The van der Waals surface area contributed by atoms with Gasteiger partial charge in [0.05, 0.1) is 23.1 Å². The normalized spacial score (nSPS) is 22.8. The van der Waals surface area contributed by atoms with E-state index in [9.17, 15) is 14.4 Å². The maximum absolute atomic E-state index is 14.4. The highest BCUT2D eigenvalue weighted by atomic mass is 16.5. The fraction of sp³-hybridized carbons (Fsp3) is 0.167. The number of esters is 1. The van der Waals surface area contributed by atoms with Crippen molar-refractivity contribution in [1.82, 2.24) is 0 Å². The summed E-state index contributed by atoms with van der Waals surface area (Å²) in [4.78, 5) is 42.1. The molecule has 36 heavy (non-hydrogen) atoms. The summed E-state index contributed by atoms with van der Waals surface area (Å²) >= 11 is 0. The standard InChI is InChI=1S/C30H22O6/c1-3-19-16-34-26-20-8-4-6-10-22(20)35-28(32)24(26)25(18-14-12-17(2)13-15-18)30(19)27(31)21-9-5-7-11-23(21)36-29(30)33/h3-15,19,25H,1,16H2,2H3/t19-,25-,30+/m0/s1. The number of hydrogen-bond donors (Lipinski definition) is 0. The predicted molar refractivity (Wildman–Crippen MR) is 134 cm³/mol. The number of ether oxygens (including phenoxy) is 2. The van der Waals surface area contributed by atoms with E-state index in [-0.39, 0.29) is 23.5 Å². The molecule has 3 atom stereocenters. The largest absolute Gasteiger partial charge is 0.492 e. The van der Waals surface area contributed by atoms with Crippen LogP contribution in [0.4, 0.5) is 0 Å². The molecule has 0 bridgehead atoms. The van der Waals surface area contributed by atoms with E-state index in [1.807, 2.05) is 37.3 Å². The quantitative estimate of drug-likeness (QED) is 0.129. The SMILES string of the molecule is C=C[C@H]1COc2c(c(=O)oc3ccccc23)[C@H](c2ccc(C)cc2)[C@]12C(=O)Oc1ccccc1C2=O. The third kappa shape index (κ3) is 2.94. The van der Waals surface area contributed by atoms with Crippen molar-refractivity contribution >= 4 is 22.7 Å². The van der Waals surface area contributed by atoms with Crippen LogP contribution in [0.1, 0.15) is 33.0 Å².